The average Bonchev–Trinajstić information content (AvgIpc) is 2.98. The van der Waals surface area contributed by atoms with Gasteiger partial charge in [-0.3, -0.25) is 9.59 Å². The van der Waals surface area contributed by atoms with Gasteiger partial charge in [0, 0.05) is 12.8 Å². The van der Waals surface area contributed by atoms with Crippen LogP contribution in [0.3, 0.4) is 0 Å². The fourth-order valence-electron chi connectivity index (χ4n) is 5.63. The smallest absolute Gasteiger partial charge is 0.411 e. The fourth-order valence-corrected chi connectivity index (χ4v) is 5.63. The lowest BCUT2D eigenvalue weighted by Crippen LogP contribution is -2.54. The maximum Gasteiger partial charge on any atom is 0.411 e. The Labute approximate surface area is 273 Å². The first kappa shape index (κ1) is 39.7. The summed E-state index contributed by atoms with van der Waals surface area (Å²) < 4.78 is 89.1. The minimum atomic E-state index is -5.97. The van der Waals surface area contributed by atoms with Crippen LogP contribution in [0.15, 0.2) is 36.4 Å². The number of phenols is 2. The number of aromatic hydroxyl groups is 2. The summed E-state index contributed by atoms with van der Waals surface area (Å²) in [5.74, 6) is -2.73. The van der Waals surface area contributed by atoms with Crippen molar-refractivity contribution in [2.75, 3.05) is 10.6 Å². The van der Waals surface area contributed by atoms with Gasteiger partial charge in [0.1, 0.15) is 11.5 Å². The first-order valence-electron chi connectivity index (χ1n) is 16.6. The van der Waals surface area contributed by atoms with Crippen molar-refractivity contribution in [1.29, 1.82) is 0 Å². The zero-order chi connectivity index (χ0) is 35.1. The molecular formula is C35H48F6N2O4. The molecule has 0 aliphatic rings. The number of carbonyl (C=O) groups is 2. The van der Waals surface area contributed by atoms with E-state index in [2.05, 4.69) is 24.5 Å². The number of unbranched alkanes of at least 4 members (excludes halogenated alkanes) is 12. The van der Waals surface area contributed by atoms with E-state index >= 15 is 0 Å². The molecule has 2 amide bonds. The van der Waals surface area contributed by atoms with Crippen LogP contribution in [0.1, 0.15) is 128 Å². The third-order valence-corrected chi connectivity index (χ3v) is 8.27. The van der Waals surface area contributed by atoms with Crippen molar-refractivity contribution in [2.24, 2.45) is 0 Å². The minimum absolute atomic E-state index is 0.0268. The van der Waals surface area contributed by atoms with Gasteiger partial charge in [0.25, 0.3) is 0 Å². The van der Waals surface area contributed by atoms with Crippen molar-refractivity contribution < 1.29 is 46.1 Å². The highest BCUT2D eigenvalue weighted by molar-refractivity contribution is 5.93. The van der Waals surface area contributed by atoms with Crippen LogP contribution >= 0.6 is 0 Å². The van der Waals surface area contributed by atoms with Gasteiger partial charge in [-0.05, 0) is 48.2 Å². The second kappa shape index (κ2) is 18.8. The van der Waals surface area contributed by atoms with Crippen LogP contribution in [0.25, 0.3) is 0 Å². The number of hydrogen-bond donors (Lipinski definition) is 4. The number of benzene rings is 2. The number of alkyl halides is 6. The zero-order valence-electron chi connectivity index (χ0n) is 27.3. The van der Waals surface area contributed by atoms with Crippen molar-refractivity contribution in [1.82, 2.24) is 0 Å². The number of amides is 2. The number of hydrogen-bond acceptors (Lipinski definition) is 4. The third-order valence-electron chi connectivity index (χ3n) is 8.27. The summed E-state index contributed by atoms with van der Waals surface area (Å²) in [4.78, 5) is 25.1. The van der Waals surface area contributed by atoms with Crippen molar-refractivity contribution in [3.8, 4) is 11.5 Å². The largest absolute Gasteiger partial charge is 0.506 e. The molecule has 0 atom stereocenters. The van der Waals surface area contributed by atoms with Gasteiger partial charge in [0.15, 0.2) is 0 Å². The van der Waals surface area contributed by atoms with E-state index in [0.717, 1.165) is 77.0 Å². The zero-order valence-corrected chi connectivity index (χ0v) is 27.3. The average molecular weight is 675 g/mol. The molecule has 6 nitrogen and oxygen atoms in total. The van der Waals surface area contributed by atoms with E-state index in [-0.39, 0.29) is 12.8 Å². The highest BCUT2D eigenvalue weighted by atomic mass is 19.4. The third kappa shape index (κ3) is 11.3. The van der Waals surface area contributed by atoms with E-state index < -0.39 is 63.6 Å². The molecule has 12 heteroatoms. The summed E-state index contributed by atoms with van der Waals surface area (Å²) in [5.41, 5.74) is -8.47. The Kier molecular flexibility index (Phi) is 15.9. The van der Waals surface area contributed by atoms with E-state index in [9.17, 15) is 46.1 Å². The summed E-state index contributed by atoms with van der Waals surface area (Å²) in [5, 5.41) is 25.1. The molecule has 4 N–H and O–H groups in total. The molecule has 0 heterocycles. The molecular weight excluding hydrogens is 626 g/mol. The Balaban J connectivity index is 2.35. The molecule has 2 rings (SSSR count). The number of anilines is 2. The predicted octanol–water partition coefficient (Wildman–Crippen LogP) is 10.7. The van der Waals surface area contributed by atoms with Gasteiger partial charge in [-0.1, -0.05) is 103 Å². The summed E-state index contributed by atoms with van der Waals surface area (Å²) >= 11 is 0. The van der Waals surface area contributed by atoms with Crippen LogP contribution in [0.5, 0.6) is 11.5 Å². The molecule has 264 valence electrons. The monoisotopic (exact) mass is 674 g/mol. The Hall–Kier alpha value is -3.44. The number of rotatable bonds is 20. The van der Waals surface area contributed by atoms with Gasteiger partial charge in [-0.25, -0.2) is 0 Å². The van der Waals surface area contributed by atoms with Crippen LogP contribution in [0.2, 0.25) is 0 Å². The van der Waals surface area contributed by atoms with E-state index in [1.165, 1.54) is 0 Å². The van der Waals surface area contributed by atoms with E-state index in [4.69, 9.17) is 0 Å². The second-order valence-corrected chi connectivity index (χ2v) is 12.0. The number of carbonyl (C=O) groups excluding carboxylic acids is 2. The van der Waals surface area contributed by atoms with Crippen molar-refractivity contribution >= 4 is 23.2 Å². The molecule has 0 fully saturated rings. The van der Waals surface area contributed by atoms with Crippen molar-refractivity contribution in [3.05, 3.63) is 47.5 Å². The molecule has 0 aliphatic carbocycles. The fraction of sp³-hybridized carbons (Fsp3) is 0.600. The SMILES string of the molecule is CCCCCCCCCC(=O)Nc1cc(C(c2ccc(O)c(NC(=O)CCCCCCCCC)c2)(C(F)(F)F)C(F)(F)F)ccc1O. The quantitative estimate of drug-likeness (QED) is 0.0638. The summed E-state index contributed by atoms with van der Waals surface area (Å²) in [6.07, 6.45) is 0.671. The van der Waals surface area contributed by atoms with Crippen molar-refractivity contribution in [3.63, 3.8) is 0 Å². The molecule has 0 saturated heterocycles. The Morgan fingerprint density at radius 2 is 0.872 bits per heavy atom. The standard InChI is InChI=1S/C35H48F6N2O4/c1-3-5-7-9-11-13-15-17-31(46)42-27-23-25(19-21-29(27)44)33(34(36,37)38,35(39,40)41)26-20-22-30(45)28(24-26)43-32(47)18-16-14-12-10-8-6-4-2/h19-24,44-45H,3-18H2,1-2H3,(H,42,46)(H,43,47). The lowest BCUT2D eigenvalue weighted by Gasteiger charge is -2.38. The molecule has 0 spiro atoms. The Morgan fingerprint density at radius 3 is 1.19 bits per heavy atom. The molecule has 0 bridgehead atoms. The molecule has 0 radical (unpaired) electrons. The maximum absolute atomic E-state index is 14.8. The van der Waals surface area contributed by atoms with Gasteiger partial charge >= 0.3 is 12.4 Å². The van der Waals surface area contributed by atoms with Crippen LogP contribution in [0, 0.1) is 0 Å². The highest BCUT2D eigenvalue weighted by Gasteiger charge is 2.72. The molecule has 0 aliphatic heterocycles. The molecule has 2 aromatic rings. The molecule has 0 saturated carbocycles. The van der Waals surface area contributed by atoms with Gasteiger partial charge < -0.3 is 20.8 Å². The lowest BCUT2D eigenvalue weighted by molar-refractivity contribution is -0.288. The van der Waals surface area contributed by atoms with Crippen LogP contribution in [-0.2, 0) is 15.0 Å². The number of phenolic OH excluding ortho intramolecular Hbond substituents is 2. The van der Waals surface area contributed by atoms with Crippen LogP contribution < -0.4 is 10.6 Å². The Bertz CT molecular complexity index is 1180. The second-order valence-electron chi connectivity index (χ2n) is 12.0. The first-order valence-corrected chi connectivity index (χ1v) is 16.6. The van der Waals surface area contributed by atoms with Gasteiger partial charge in [0.2, 0.25) is 17.2 Å². The van der Waals surface area contributed by atoms with Crippen LogP contribution in [0.4, 0.5) is 37.7 Å². The van der Waals surface area contributed by atoms with Crippen molar-refractivity contribution in [2.45, 2.75) is 134 Å². The van der Waals surface area contributed by atoms with Gasteiger partial charge in [0.05, 0.1) is 11.4 Å². The molecule has 0 aromatic heterocycles. The first-order chi connectivity index (χ1) is 22.2. The summed E-state index contributed by atoms with van der Waals surface area (Å²) in [6, 6.07) is 3.24. The normalized spacial score (nSPS) is 12.3. The summed E-state index contributed by atoms with van der Waals surface area (Å²) in [6.45, 7) is 4.17. The number of halogens is 6. The highest BCUT2D eigenvalue weighted by Crippen LogP contribution is 2.57. The minimum Gasteiger partial charge on any atom is -0.506 e. The predicted molar refractivity (Wildman–Crippen MR) is 172 cm³/mol. The van der Waals surface area contributed by atoms with Crippen LogP contribution in [-0.4, -0.2) is 34.4 Å². The van der Waals surface area contributed by atoms with Gasteiger partial charge in [-0.2, -0.15) is 26.3 Å². The molecule has 2 aromatic carbocycles. The topological polar surface area (TPSA) is 98.7 Å². The maximum atomic E-state index is 14.8. The molecule has 0 unspecified atom stereocenters. The van der Waals surface area contributed by atoms with E-state index in [0.29, 0.717) is 49.2 Å². The number of nitrogens with one attached hydrogen (secondary N) is 2. The lowest BCUT2D eigenvalue weighted by atomic mass is 9.72. The summed E-state index contributed by atoms with van der Waals surface area (Å²) in [7, 11) is 0. The van der Waals surface area contributed by atoms with E-state index in [1.807, 2.05) is 0 Å². The molecule has 47 heavy (non-hydrogen) atoms. The van der Waals surface area contributed by atoms with Gasteiger partial charge in [-0.15, -0.1) is 0 Å². The Morgan fingerprint density at radius 1 is 0.553 bits per heavy atom. The van der Waals surface area contributed by atoms with E-state index in [1.54, 1.807) is 0 Å².